The topological polar surface area (TPSA) is 39.7 Å². The van der Waals surface area contributed by atoms with E-state index in [0.29, 0.717) is 6.04 Å². The second-order valence-corrected chi connectivity index (χ2v) is 5.50. The average Bonchev–Trinajstić information content (AvgIpc) is 2.56. The Morgan fingerprint density at radius 3 is 2.27 bits per heavy atom. The molecular formula is C18H32N4. The van der Waals surface area contributed by atoms with Gasteiger partial charge in [-0.2, -0.15) is 0 Å². The van der Waals surface area contributed by atoms with Gasteiger partial charge in [0.1, 0.15) is 0 Å². The van der Waals surface area contributed by atoms with Crippen LogP contribution in [0, 0.1) is 0 Å². The van der Waals surface area contributed by atoms with Gasteiger partial charge < -0.3 is 10.6 Å². The lowest BCUT2D eigenvalue weighted by molar-refractivity contribution is 0.231. The predicted molar refractivity (Wildman–Crippen MR) is 96.4 cm³/mol. The molecule has 1 rings (SSSR count). The lowest BCUT2D eigenvalue weighted by Crippen LogP contribution is -2.45. The van der Waals surface area contributed by atoms with E-state index >= 15 is 0 Å². The van der Waals surface area contributed by atoms with Gasteiger partial charge in [-0.3, -0.25) is 9.89 Å². The summed E-state index contributed by atoms with van der Waals surface area (Å²) in [4.78, 5) is 6.75. The maximum atomic E-state index is 4.32. The van der Waals surface area contributed by atoms with Crippen LogP contribution in [0.2, 0.25) is 0 Å². The van der Waals surface area contributed by atoms with Gasteiger partial charge in [0.15, 0.2) is 5.96 Å². The number of aliphatic imine (C=N–C) groups is 1. The van der Waals surface area contributed by atoms with Crippen molar-refractivity contribution in [2.24, 2.45) is 4.99 Å². The molecule has 0 saturated carbocycles. The first-order valence-corrected chi connectivity index (χ1v) is 8.41. The van der Waals surface area contributed by atoms with Crippen LogP contribution in [0.1, 0.15) is 38.8 Å². The molecule has 4 nitrogen and oxygen atoms in total. The maximum Gasteiger partial charge on any atom is 0.191 e. The Morgan fingerprint density at radius 2 is 1.73 bits per heavy atom. The molecule has 0 aliphatic carbocycles. The number of guanidine groups is 1. The second kappa shape index (κ2) is 10.2. The van der Waals surface area contributed by atoms with E-state index in [1.807, 2.05) is 7.05 Å². The molecule has 2 N–H and O–H groups in total. The van der Waals surface area contributed by atoms with Crippen molar-refractivity contribution in [3.63, 3.8) is 0 Å². The molecule has 1 aromatic carbocycles. The summed E-state index contributed by atoms with van der Waals surface area (Å²) in [6, 6.07) is 9.06. The van der Waals surface area contributed by atoms with Crippen LogP contribution in [0.25, 0.3) is 0 Å². The molecule has 0 fully saturated rings. The Bertz CT molecular complexity index is 452. The third-order valence-corrected chi connectivity index (χ3v) is 4.17. The fraction of sp³-hybridized carbons (Fsp3) is 0.611. The Balaban J connectivity index is 2.49. The lowest BCUT2D eigenvalue weighted by atomic mass is 10.1. The number of aryl methyl sites for hydroxylation is 1. The first-order chi connectivity index (χ1) is 10.7. The molecular weight excluding hydrogens is 272 g/mol. The zero-order valence-electron chi connectivity index (χ0n) is 14.8. The maximum absolute atomic E-state index is 4.32. The van der Waals surface area contributed by atoms with Gasteiger partial charge in [0.2, 0.25) is 0 Å². The highest BCUT2D eigenvalue weighted by Crippen LogP contribution is 2.08. The average molecular weight is 304 g/mol. The largest absolute Gasteiger partial charge is 0.355 e. The Hall–Kier alpha value is -1.55. The van der Waals surface area contributed by atoms with E-state index in [9.17, 15) is 0 Å². The minimum atomic E-state index is 0.497. The van der Waals surface area contributed by atoms with E-state index in [-0.39, 0.29) is 0 Å². The van der Waals surface area contributed by atoms with Crippen molar-refractivity contribution in [3.8, 4) is 0 Å². The highest BCUT2D eigenvalue weighted by Gasteiger charge is 2.10. The monoisotopic (exact) mass is 304 g/mol. The van der Waals surface area contributed by atoms with Crippen LogP contribution in [0.5, 0.6) is 0 Å². The van der Waals surface area contributed by atoms with Crippen LogP contribution in [-0.4, -0.2) is 43.6 Å². The second-order valence-electron chi connectivity index (χ2n) is 5.50. The minimum Gasteiger partial charge on any atom is -0.355 e. The number of nitrogens with one attached hydrogen (secondary N) is 2. The first kappa shape index (κ1) is 18.5. The summed E-state index contributed by atoms with van der Waals surface area (Å²) < 4.78 is 0. The summed E-state index contributed by atoms with van der Waals surface area (Å²) in [6.07, 6.45) is 1.06. The Morgan fingerprint density at radius 1 is 1.09 bits per heavy atom. The van der Waals surface area contributed by atoms with Gasteiger partial charge in [0, 0.05) is 26.2 Å². The summed E-state index contributed by atoms with van der Waals surface area (Å²) in [5, 5.41) is 6.83. The van der Waals surface area contributed by atoms with Crippen molar-refractivity contribution in [1.29, 1.82) is 0 Å². The van der Waals surface area contributed by atoms with Gasteiger partial charge in [-0.05, 0) is 37.6 Å². The van der Waals surface area contributed by atoms with Gasteiger partial charge in [-0.15, -0.1) is 0 Å². The van der Waals surface area contributed by atoms with Crippen LogP contribution < -0.4 is 10.6 Å². The lowest BCUT2D eigenvalue weighted by Gasteiger charge is -2.27. The molecule has 0 aliphatic heterocycles. The molecule has 0 spiro atoms. The molecule has 0 heterocycles. The van der Waals surface area contributed by atoms with Crippen LogP contribution in [0.4, 0.5) is 0 Å². The normalized spacial score (nSPS) is 13.3. The third-order valence-electron chi connectivity index (χ3n) is 4.17. The third kappa shape index (κ3) is 5.68. The highest BCUT2D eigenvalue weighted by atomic mass is 15.2. The van der Waals surface area contributed by atoms with Crippen molar-refractivity contribution in [2.75, 3.05) is 26.7 Å². The van der Waals surface area contributed by atoms with Crippen LogP contribution in [0.3, 0.4) is 0 Å². The fourth-order valence-corrected chi connectivity index (χ4v) is 2.69. The van der Waals surface area contributed by atoms with E-state index in [1.165, 1.54) is 11.1 Å². The SMILES string of the molecule is CCc1ccccc1CNC(=NC)NCC(C)N(CC)CC. The van der Waals surface area contributed by atoms with E-state index in [1.54, 1.807) is 0 Å². The number of rotatable bonds is 8. The summed E-state index contributed by atoms with van der Waals surface area (Å²) >= 11 is 0. The molecule has 1 unspecified atom stereocenters. The fourth-order valence-electron chi connectivity index (χ4n) is 2.69. The standard InChI is InChI=1S/C18H32N4/c1-6-16-11-9-10-12-17(16)14-21-18(19-5)20-13-15(4)22(7-2)8-3/h9-12,15H,6-8,13-14H2,1-5H3,(H2,19,20,21). The Kier molecular flexibility index (Phi) is 8.60. The molecule has 0 radical (unpaired) electrons. The number of hydrogen-bond donors (Lipinski definition) is 2. The molecule has 1 aromatic rings. The molecule has 124 valence electrons. The van der Waals surface area contributed by atoms with Gasteiger partial charge in [-0.25, -0.2) is 0 Å². The smallest absolute Gasteiger partial charge is 0.191 e. The molecule has 22 heavy (non-hydrogen) atoms. The van der Waals surface area contributed by atoms with E-state index in [2.05, 4.69) is 72.5 Å². The molecule has 0 bridgehead atoms. The minimum absolute atomic E-state index is 0.497. The van der Waals surface area contributed by atoms with Gasteiger partial charge >= 0.3 is 0 Å². The van der Waals surface area contributed by atoms with Gasteiger partial charge in [-0.1, -0.05) is 45.0 Å². The molecule has 0 saturated heterocycles. The van der Waals surface area contributed by atoms with E-state index in [0.717, 1.165) is 38.6 Å². The van der Waals surface area contributed by atoms with Crippen molar-refractivity contribution >= 4 is 5.96 Å². The predicted octanol–water partition coefficient (Wildman–Crippen LogP) is 2.64. The quantitative estimate of drug-likeness (QED) is 0.573. The zero-order chi connectivity index (χ0) is 16.4. The van der Waals surface area contributed by atoms with Crippen LogP contribution in [0.15, 0.2) is 29.3 Å². The summed E-state index contributed by atoms with van der Waals surface area (Å²) in [7, 11) is 1.82. The number of likely N-dealkylation sites (N-methyl/N-ethyl adjacent to an activating group) is 1. The van der Waals surface area contributed by atoms with E-state index < -0.39 is 0 Å². The first-order valence-electron chi connectivity index (χ1n) is 8.41. The van der Waals surface area contributed by atoms with Gasteiger partial charge in [0.25, 0.3) is 0 Å². The van der Waals surface area contributed by atoms with Crippen molar-refractivity contribution in [1.82, 2.24) is 15.5 Å². The molecule has 1 atom stereocenters. The van der Waals surface area contributed by atoms with Crippen molar-refractivity contribution in [3.05, 3.63) is 35.4 Å². The van der Waals surface area contributed by atoms with Gasteiger partial charge in [0.05, 0.1) is 0 Å². The van der Waals surface area contributed by atoms with Crippen LogP contribution in [-0.2, 0) is 13.0 Å². The molecule has 0 aromatic heterocycles. The number of nitrogens with zero attached hydrogens (tertiary/aromatic N) is 2. The van der Waals surface area contributed by atoms with Crippen LogP contribution >= 0.6 is 0 Å². The number of benzene rings is 1. The summed E-state index contributed by atoms with van der Waals surface area (Å²) in [5.41, 5.74) is 2.73. The summed E-state index contributed by atoms with van der Waals surface area (Å²) in [6.45, 7) is 12.7. The van der Waals surface area contributed by atoms with Crippen molar-refractivity contribution in [2.45, 2.75) is 46.7 Å². The number of hydrogen-bond acceptors (Lipinski definition) is 2. The van der Waals surface area contributed by atoms with Crippen molar-refractivity contribution < 1.29 is 0 Å². The molecule has 0 amide bonds. The zero-order valence-corrected chi connectivity index (χ0v) is 14.8. The molecule has 0 aliphatic rings. The summed E-state index contributed by atoms with van der Waals surface area (Å²) in [5.74, 6) is 0.866. The highest BCUT2D eigenvalue weighted by molar-refractivity contribution is 5.79. The van der Waals surface area contributed by atoms with E-state index in [4.69, 9.17) is 0 Å². The Labute approximate surface area is 136 Å². The molecule has 4 heteroatoms.